The number of nitriles is 1. The lowest BCUT2D eigenvalue weighted by Gasteiger charge is -2.23. The highest BCUT2D eigenvalue weighted by molar-refractivity contribution is 6.30. The molecule has 2 aromatic rings. The van der Waals surface area contributed by atoms with E-state index < -0.39 is 0 Å². The number of anilines is 1. The summed E-state index contributed by atoms with van der Waals surface area (Å²) in [6.45, 7) is 5.05. The molecule has 1 aliphatic heterocycles. The Kier molecular flexibility index (Phi) is 5.12. The van der Waals surface area contributed by atoms with Gasteiger partial charge in [-0.05, 0) is 36.2 Å². The molecule has 0 saturated carbocycles. The monoisotopic (exact) mass is 326 g/mol. The van der Waals surface area contributed by atoms with Crippen molar-refractivity contribution in [3.05, 3.63) is 58.9 Å². The van der Waals surface area contributed by atoms with E-state index >= 15 is 0 Å². The van der Waals surface area contributed by atoms with Crippen molar-refractivity contribution < 1.29 is 0 Å². The summed E-state index contributed by atoms with van der Waals surface area (Å²) in [5.74, 6) is 0. The van der Waals surface area contributed by atoms with Gasteiger partial charge in [-0.15, -0.1) is 0 Å². The van der Waals surface area contributed by atoms with Gasteiger partial charge in [0.15, 0.2) is 0 Å². The predicted molar refractivity (Wildman–Crippen MR) is 92.5 cm³/mol. The van der Waals surface area contributed by atoms with Crippen LogP contribution in [0.3, 0.4) is 0 Å². The van der Waals surface area contributed by atoms with E-state index in [-0.39, 0.29) is 0 Å². The molecule has 1 fully saturated rings. The molecule has 2 heterocycles. The number of halogens is 1. The Bertz CT molecular complexity index is 676. The number of pyridine rings is 1. The summed E-state index contributed by atoms with van der Waals surface area (Å²) in [5.41, 5.74) is 2.85. The fourth-order valence-electron chi connectivity index (χ4n) is 2.87. The third-order valence-electron chi connectivity index (χ3n) is 4.14. The molecule has 0 bridgehead atoms. The first-order chi connectivity index (χ1) is 11.2. The number of aromatic nitrogens is 1. The van der Waals surface area contributed by atoms with Crippen LogP contribution in [0.4, 0.5) is 5.69 Å². The molecule has 1 aromatic carbocycles. The minimum Gasteiger partial charge on any atom is -0.369 e. The van der Waals surface area contributed by atoms with Crippen molar-refractivity contribution in [2.45, 2.75) is 13.0 Å². The van der Waals surface area contributed by atoms with Crippen LogP contribution in [0, 0.1) is 11.3 Å². The summed E-state index contributed by atoms with van der Waals surface area (Å²) in [6.07, 6.45) is 2.92. The Labute approximate surface area is 141 Å². The maximum Gasteiger partial charge on any atom is 0.140 e. The second-order valence-corrected chi connectivity index (χ2v) is 6.19. The third-order valence-corrected chi connectivity index (χ3v) is 4.39. The number of hydrogen-bond donors (Lipinski definition) is 0. The Morgan fingerprint density at radius 2 is 1.87 bits per heavy atom. The van der Waals surface area contributed by atoms with Crippen molar-refractivity contribution >= 4 is 17.3 Å². The van der Waals surface area contributed by atoms with E-state index in [9.17, 15) is 0 Å². The summed E-state index contributed by atoms with van der Waals surface area (Å²) < 4.78 is 0. The highest BCUT2D eigenvalue weighted by Gasteiger charge is 2.15. The van der Waals surface area contributed by atoms with Gasteiger partial charge in [-0.25, -0.2) is 4.98 Å². The van der Waals surface area contributed by atoms with Crippen molar-refractivity contribution in [3.8, 4) is 6.07 Å². The van der Waals surface area contributed by atoms with Gasteiger partial charge >= 0.3 is 0 Å². The van der Waals surface area contributed by atoms with Crippen LogP contribution in [0.2, 0.25) is 5.02 Å². The zero-order valence-corrected chi connectivity index (χ0v) is 13.7. The van der Waals surface area contributed by atoms with Crippen LogP contribution in [-0.2, 0) is 6.54 Å². The quantitative estimate of drug-likeness (QED) is 0.868. The van der Waals surface area contributed by atoms with Gasteiger partial charge in [-0.3, -0.25) is 4.90 Å². The molecule has 5 heteroatoms. The molecule has 0 N–H and O–H groups in total. The molecule has 0 spiro atoms. The zero-order valence-electron chi connectivity index (χ0n) is 13.0. The molecule has 1 saturated heterocycles. The maximum absolute atomic E-state index is 8.83. The molecule has 0 amide bonds. The molecule has 0 aliphatic carbocycles. The first-order valence-electron chi connectivity index (χ1n) is 7.82. The molecule has 1 aromatic heterocycles. The number of hydrogen-bond acceptors (Lipinski definition) is 4. The van der Waals surface area contributed by atoms with E-state index in [0.29, 0.717) is 5.69 Å². The molecule has 0 radical (unpaired) electrons. The van der Waals surface area contributed by atoms with Crippen LogP contribution >= 0.6 is 11.6 Å². The predicted octanol–water partition coefficient (Wildman–Crippen LogP) is 3.32. The Morgan fingerprint density at radius 1 is 1.04 bits per heavy atom. The minimum atomic E-state index is 0.466. The summed E-state index contributed by atoms with van der Waals surface area (Å²) in [6, 6.07) is 13.9. The van der Waals surface area contributed by atoms with Gasteiger partial charge in [0.05, 0.1) is 11.9 Å². The molecular formula is C18H19ClN4. The van der Waals surface area contributed by atoms with E-state index in [1.165, 1.54) is 5.56 Å². The number of rotatable bonds is 3. The smallest absolute Gasteiger partial charge is 0.140 e. The van der Waals surface area contributed by atoms with Gasteiger partial charge in [-0.2, -0.15) is 5.26 Å². The van der Waals surface area contributed by atoms with Crippen LogP contribution in [-0.4, -0.2) is 36.1 Å². The highest BCUT2D eigenvalue weighted by Crippen LogP contribution is 2.17. The van der Waals surface area contributed by atoms with Crippen LogP contribution in [0.25, 0.3) is 0 Å². The number of nitrogens with zero attached hydrogens (tertiary/aromatic N) is 4. The van der Waals surface area contributed by atoms with Crippen LogP contribution in [0.15, 0.2) is 42.6 Å². The maximum atomic E-state index is 8.83. The Hall–Kier alpha value is -2.09. The fraction of sp³-hybridized carbons (Fsp3) is 0.333. The largest absolute Gasteiger partial charge is 0.369 e. The van der Waals surface area contributed by atoms with Gasteiger partial charge in [0.25, 0.3) is 0 Å². The highest BCUT2D eigenvalue weighted by atomic mass is 35.5. The number of benzene rings is 1. The second kappa shape index (κ2) is 7.45. The first-order valence-corrected chi connectivity index (χ1v) is 8.20. The lowest BCUT2D eigenvalue weighted by Crippen LogP contribution is -2.30. The van der Waals surface area contributed by atoms with Crippen molar-refractivity contribution in [2.24, 2.45) is 0 Å². The molecular weight excluding hydrogens is 308 g/mol. The summed E-state index contributed by atoms with van der Waals surface area (Å²) in [5, 5.41) is 9.62. The standard InChI is InChI=1S/C18H19ClN4/c19-16-4-2-15(3-5-16)14-22-8-1-9-23(11-10-22)18-7-6-17(12-20)21-13-18/h2-7,13H,1,8-11,14H2. The van der Waals surface area contributed by atoms with Crippen molar-refractivity contribution in [1.29, 1.82) is 5.26 Å². The molecule has 3 rings (SSSR count). The van der Waals surface area contributed by atoms with Gasteiger partial charge < -0.3 is 4.90 Å². The van der Waals surface area contributed by atoms with Crippen molar-refractivity contribution in [1.82, 2.24) is 9.88 Å². The first kappa shape index (κ1) is 15.8. The van der Waals surface area contributed by atoms with Gasteiger partial charge in [0.1, 0.15) is 11.8 Å². The Morgan fingerprint density at radius 3 is 2.57 bits per heavy atom. The SMILES string of the molecule is N#Cc1ccc(N2CCCN(Cc3ccc(Cl)cc3)CC2)cn1. The van der Waals surface area contributed by atoms with Gasteiger partial charge in [0.2, 0.25) is 0 Å². The van der Waals surface area contributed by atoms with E-state index in [0.717, 1.165) is 49.9 Å². The van der Waals surface area contributed by atoms with Crippen molar-refractivity contribution in [2.75, 3.05) is 31.1 Å². The van der Waals surface area contributed by atoms with Crippen molar-refractivity contribution in [3.63, 3.8) is 0 Å². The normalized spacial score (nSPS) is 15.9. The van der Waals surface area contributed by atoms with Gasteiger partial charge in [0, 0.05) is 37.7 Å². The minimum absolute atomic E-state index is 0.466. The third kappa shape index (κ3) is 4.22. The van der Waals surface area contributed by atoms with E-state index in [1.807, 2.05) is 18.2 Å². The summed E-state index contributed by atoms with van der Waals surface area (Å²) in [4.78, 5) is 8.98. The molecule has 0 atom stereocenters. The molecule has 23 heavy (non-hydrogen) atoms. The lowest BCUT2D eigenvalue weighted by molar-refractivity contribution is 0.285. The summed E-state index contributed by atoms with van der Waals surface area (Å²) in [7, 11) is 0. The zero-order chi connectivity index (χ0) is 16.1. The molecule has 118 valence electrons. The Balaban J connectivity index is 1.60. The van der Waals surface area contributed by atoms with Crippen LogP contribution < -0.4 is 4.90 Å². The molecule has 1 aliphatic rings. The molecule has 4 nitrogen and oxygen atoms in total. The lowest BCUT2D eigenvalue weighted by atomic mass is 10.2. The van der Waals surface area contributed by atoms with E-state index in [4.69, 9.17) is 16.9 Å². The van der Waals surface area contributed by atoms with Crippen LogP contribution in [0.5, 0.6) is 0 Å². The molecule has 0 unspecified atom stereocenters. The average molecular weight is 327 g/mol. The summed E-state index contributed by atoms with van der Waals surface area (Å²) >= 11 is 5.94. The second-order valence-electron chi connectivity index (χ2n) is 5.76. The van der Waals surface area contributed by atoms with E-state index in [1.54, 1.807) is 12.3 Å². The van der Waals surface area contributed by atoms with Crippen LogP contribution in [0.1, 0.15) is 17.7 Å². The fourth-order valence-corrected chi connectivity index (χ4v) is 3.00. The van der Waals surface area contributed by atoms with E-state index in [2.05, 4.69) is 33.0 Å². The topological polar surface area (TPSA) is 43.2 Å². The average Bonchev–Trinajstić information content (AvgIpc) is 2.83. The van der Waals surface area contributed by atoms with Gasteiger partial charge in [-0.1, -0.05) is 23.7 Å².